The van der Waals surface area contributed by atoms with Gasteiger partial charge in [0, 0.05) is 7.14 Å². The van der Waals surface area contributed by atoms with Crippen molar-refractivity contribution in [3.63, 3.8) is 0 Å². The molecule has 172 valence electrons. The Bertz CT molecular complexity index is 1040. The van der Waals surface area contributed by atoms with Crippen molar-refractivity contribution >= 4 is 65.3 Å². The first-order valence-electron chi connectivity index (χ1n) is 9.98. The molecule has 0 aliphatic heterocycles. The molecule has 10 heteroatoms. The van der Waals surface area contributed by atoms with Gasteiger partial charge in [0.05, 0.1) is 12.4 Å². The summed E-state index contributed by atoms with van der Waals surface area (Å²) in [4.78, 5) is 0. The van der Waals surface area contributed by atoms with Gasteiger partial charge in [-0.05, 0) is 119 Å². The smallest absolute Gasteiger partial charge is 0.269 e. The molecule has 0 saturated carbocycles. The van der Waals surface area contributed by atoms with Crippen molar-refractivity contribution in [3.05, 3.63) is 66.8 Å². The van der Waals surface area contributed by atoms with E-state index in [-0.39, 0.29) is 12.4 Å². The van der Waals surface area contributed by atoms with Gasteiger partial charge in [0.15, 0.2) is 0 Å². The molecule has 0 aliphatic carbocycles. The van der Waals surface area contributed by atoms with E-state index in [1.807, 2.05) is 36.4 Å². The number of hydrogen-bond donors (Lipinski definition) is 1. The minimum absolute atomic E-state index is 0.0455. The molecule has 0 unspecified atom stereocenters. The monoisotopic (exact) mass is 691 g/mol. The van der Waals surface area contributed by atoms with Crippen molar-refractivity contribution in [2.75, 3.05) is 18.2 Å². The minimum atomic E-state index is -3.94. The van der Waals surface area contributed by atoms with Gasteiger partial charge < -0.3 is 0 Å². The second-order valence-electron chi connectivity index (χ2n) is 7.16. The molecule has 0 fully saturated rings. The Morgan fingerprint density at radius 1 is 0.774 bits per heavy atom. The molecule has 0 atom stereocenters. The summed E-state index contributed by atoms with van der Waals surface area (Å²) in [5.41, 5.74) is 2.36. The zero-order valence-corrected chi connectivity index (χ0v) is 23.0. The van der Waals surface area contributed by atoms with Crippen LogP contribution in [0.5, 0.6) is 0 Å². The number of nitrogens with one attached hydrogen (secondary N) is 1. The highest BCUT2D eigenvalue weighted by molar-refractivity contribution is 14.1. The lowest BCUT2D eigenvalue weighted by molar-refractivity contribution is 0.308. The SMILES string of the molecule is O=S(=O)(CCCCc1cccc(I)c1)NCS(=O)(=O)OCCCCc1cccc(I)c1. The average Bonchev–Trinajstić information content (AvgIpc) is 2.70. The first-order chi connectivity index (χ1) is 14.7. The maximum Gasteiger partial charge on any atom is 0.281 e. The molecule has 0 radical (unpaired) electrons. The van der Waals surface area contributed by atoms with Crippen LogP contribution in [0.15, 0.2) is 48.5 Å². The predicted octanol–water partition coefficient (Wildman–Crippen LogP) is 4.46. The number of sulfonamides is 1. The summed E-state index contributed by atoms with van der Waals surface area (Å²) in [5, 5.41) is 0. The number of hydrogen-bond acceptors (Lipinski definition) is 5. The Morgan fingerprint density at radius 2 is 1.32 bits per heavy atom. The molecule has 6 nitrogen and oxygen atoms in total. The third-order valence-corrected chi connectivity index (χ3v) is 8.44. The van der Waals surface area contributed by atoms with Crippen molar-refractivity contribution in [2.45, 2.75) is 38.5 Å². The second-order valence-corrected chi connectivity index (χ2v) is 13.2. The van der Waals surface area contributed by atoms with E-state index in [1.165, 1.54) is 5.56 Å². The minimum Gasteiger partial charge on any atom is -0.269 e. The number of rotatable bonds is 14. The van der Waals surface area contributed by atoms with Gasteiger partial charge in [0.2, 0.25) is 10.0 Å². The van der Waals surface area contributed by atoms with Crippen LogP contribution in [0.3, 0.4) is 0 Å². The topological polar surface area (TPSA) is 89.5 Å². The summed E-state index contributed by atoms with van der Waals surface area (Å²) in [5.74, 6) is -0.842. The molecule has 2 rings (SSSR count). The zero-order chi connectivity index (χ0) is 22.7. The quantitative estimate of drug-likeness (QED) is 0.180. The number of aryl methyl sites for hydroxylation is 2. The molecule has 2 aromatic rings. The van der Waals surface area contributed by atoms with Crippen LogP contribution < -0.4 is 4.72 Å². The Morgan fingerprint density at radius 3 is 1.87 bits per heavy atom. The Labute approximate surface area is 213 Å². The first-order valence-corrected chi connectivity index (χ1v) is 15.4. The molecular weight excluding hydrogens is 664 g/mol. The average molecular weight is 691 g/mol. The van der Waals surface area contributed by atoms with Crippen LogP contribution in [0.2, 0.25) is 0 Å². The summed E-state index contributed by atoms with van der Waals surface area (Å²) in [7, 11) is -7.60. The van der Waals surface area contributed by atoms with E-state index in [2.05, 4.69) is 62.0 Å². The number of benzene rings is 2. The fourth-order valence-corrected chi connectivity index (χ4v) is 6.59. The Balaban J connectivity index is 1.61. The van der Waals surface area contributed by atoms with Crippen LogP contribution in [0.4, 0.5) is 0 Å². The van der Waals surface area contributed by atoms with Crippen LogP contribution in [0.1, 0.15) is 36.8 Å². The molecule has 0 spiro atoms. The molecular formula is C21H27I2NO5S2. The zero-order valence-electron chi connectivity index (χ0n) is 17.1. The fourth-order valence-electron chi connectivity index (χ4n) is 2.90. The molecule has 0 heterocycles. The summed E-state index contributed by atoms with van der Waals surface area (Å²) < 4.78 is 57.4. The van der Waals surface area contributed by atoms with Crippen LogP contribution >= 0.6 is 45.2 Å². The third-order valence-electron chi connectivity index (χ3n) is 4.48. The van der Waals surface area contributed by atoms with E-state index in [4.69, 9.17) is 4.18 Å². The van der Waals surface area contributed by atoms with Crippen molar-refractivity contribution in [3.8, 4) is 0 Å². The van der Waals surface area contributed by atoms with E-state index in [1.54, 1.807) is 0 Å². The Kier molecular flexibility index (Phi) is 11.7. The standard InChI is InChI=1S/C21H27I2NO5S2/c22-20-11-5-9-18(15-20)7-1-3-13-29-31(27,28)17-24-30(25,26)14-4-2-8-19-10-6-12-21(23)16-19/h5-6,9-12,15-16,24H,1-4,7-8,13-14,17H2. The van der Waals surface area contributed by atoms with Crippen molar-refractivity contribution < 1.29 is 21.0 Å². The van der Waals surface area contributed by atoms with Crippen molar-refractivity contribution in [1.82, 2.24) is 4.72 Å². The Hall–Kier alpha value is -0.280. The lowest BCUT2D eigenvalue weighted by Crippen LogP contribution is -2.32. The van der Waals surface area contributed by atoms with Crippen LogP contribution in [-0.2, 0) is 37.2 Å². The highest BCUT2D eigenvalue weighted by Crippen LogP contribution is 2.12. The van der Waals surface area contributed by atoms with Gasteiger partial charge in [-0.2, -0.15) is 13.1 Å². The third kappa shape index (κ3) is 11.9. The van der Waals surface area contributed by atoms with E-state index < -0.39 is 26.0 Å². The number of unbranched alkanes of at least 4 members (excludes halogenated alkanes) is 2. The summed E-state index contributed by atoms with van der Waals surface area (Å²) in [6.07, 6.45) is 4.17. The van der Waals surface area contributed by atoms with Crippen molar-refractivity contribution in [2.24, 2.45) is 0 Å². The molecule has 0 saturated heterocycles. The van der Waals surface area contributed by atoms with Crippen LogP contribution in [0, 0.1) is 7.14 Å². The highest BCUT2D eigenvalue weighted by atomic mass is 127. The van der Waals surface area contributed by atoms with Gasteiger partial charge in [0.25, 0.3) is 10.1 Å². The lowest BCUT2D eigenvalue weighted by atomic mass is 10.1. The van der Waals surface area contributed by atoms with E-state index in [0.29, 0.717) is 19.3 Å². The maximum absolute atomic E-state index is 12.1. The molecule has 0 aliphatic rings. The largest absolute Gasteiger partial charge is 0.281 e. The maximum atomic E-state index is 12.1. The van der Waals surface area contributed by atoms with Gasteiger partial charge in [-0.15, -0.1) is 0 Å². The van der Waals surface area contributed by atoms with Gasteiger partial charge in [-0.3, -0.25) is 4.18 Å². The van der Waals surface area contributed by atoms with Crippen LogP contribution in [0.25, 0.3) is 0 Å². The molecule has 0 amide bonds. The summed E-state index contributed by atoms with van der Waals surface area (Å²) in [6.45, 7) is 0.0455. The number of halogens is 2. The van der Waals surface area contributed by atoms with Crippen molar-refractivity contribution in [1.29, 1.82) is 0 Å². The van der Waals surface area contributed by atoms with E-state index in [0.717, 1.165) is 32.0 Å². The fraction of sp³-hybridized carbons (Fsp3) is 0.429. The molecule has 31 heavy (non-hydrogen) atoms. The van der Waals surface area contributed by atoms with Gasteiger partial charge >= 0.3 is 0 Å². The van der Waals surface area contributed by atoms with Crippen LogP contribution in [-0.4, -0.2) is 35.1 Å². The van der Waals surface area contributed by atoms with E-state index >= 15 is 0 Å². The van der Waals surface area contributed by atoms with Gasteiger partial charge in [-0.1, -0.05) is 24.3 Å². The van der Waals surface area contributed by atoms with Gasteiger partial charge in [0.1, 0.15) is 5.88 Å². The predicted molar refractivity (Wildman–Crippen MR) is 141 cm³/mol. The normalized spacial score (nSPS) is 12.2. The molecule has 0 bridgehead atoms. The van der Waals surface area contributed by atoms with Gasteiger partial charge in [-0.25, -0.2) is 8.42 Å². The highest BCUT2D eigenvalue weighted by Gasteiger charge is 2.17. The second kappa shape index (κ2) is 13.4. The molecule has 1 N–H and O–H groups in total. The van der Waals surface area contributed by atoms with E-state index in [9.17, 15) is 16.8 Å². The summed E-state index contributed by atoms with van der Waals surface area (Å²) in [6, 6.07) is 16.2. The molecule has 0 aromatic heterocycles. The summed E-state index contributed by atoms with van der Waals surface area (Å²) >= 11 is 4.49. The molecule has 2 aromatic carbocycles. The lowest BCUT2D eigenvalue weighted by Gasteiger charge is -2.09. The first kappa shape index (κ1) is 27.0.